The fraction of sp³-hybridized carbons (Fsp3) is 0.562. The fourth-order valence-electron chi connectivity index (χ4n) is 2.75. The van der Waals surface area contributed by atoms with Crippen LogP contribution in [0.1, 0.15) is 20.8 Å². The van der Waals surface area contributed by atoms with Crippen LogP contribution in [0.5, 0.6) is 5.75 Å². The van der Waals surface area contributed by atoms with Gasteiger partial charge in [-0.15, -0.1) is 0 Å². The van der Waals surface area contributed by atoms with Crippen molar-refractivity contribution in [3.63, 3.8) is 0 Å². The van der Waals surface area contributed by atoms with Crippen LogP contribution in [-0.2, 0) is 9.53 Å². The summed E-state index contributed by atoms with van der Waals surface area (Å²) in [6.45, 7) is 7.45. The largest absolute Gasteiger partial charge is 0.494 e. The molecule has 1 saturated heterocycles. The molecule has 1 aliphatic heterocycles. The second-order valence-corrected chi connectivity index (χ2v) is 5.84. The number of morpholine rings is 1. The van der Waals surface area contributed by atoms with Crippen LogP contribution in [0.4, 0.5) is 11.4 Å². The van der Waals surface area contributed by atoms with Gasteiger partial charge in [0.05, 0.1) is 31.0 Å². The Hall–Kier alpha value is -1.79. The topological polar surface area (TPSA) is 76.8 Å². The fourth-order valence-corrected chi connectivity index (χ4v) is 2.75. The number of carbonyl (C=O) groups excluding carboxylic acids is 1. The lowest BCUT2D eigenvalue weighted by atomic mass is 10.1. The second kappa shape index (κ2) is 6.98. The molecule has 1 amide bonds. The highest BCUT2D eigenvalue weighted by molar-refractivity contribution is 5.96. The maximum absolute atomic E-state index is 12.5. The SMILES string of the molecule is COc1cc(N)ccc1NC(=O)C(C)N1CC(C)OC(C)C1. The number of benzene rings is 1. The van der Waals surface area contributed by atoms with Crippen molar-refractivity contribution in [2.24, 2.45) is 0 Å². The molecule has 6 nitrogen and oxygen atoms in total. The van der Waals surface area contributed by atoms with Crippen LogP contribution in [0.2, 0.25) is 0 Å². The van der Waals surface area contributed by atoms with Gasteiger partial charge in [0.25, 0.3) is 0 Å². The van der Waals surface area contributed by atoms with Gasteiger partial charge < -0.3 is 20.5 Å². The van der Waals surface area contributed by atoms with E-state index >= 15 is 0 Å². The summed E-state index contributed by atoms with van der Waals surface area (Å²) in [5, 5.41) is 2.91. The first-order valence-electron chi connectivity index (χ1n) is 7.54. The van der Waals surface area contributed by atoms with E-state index < -0.39 is 0 Å². The molecule has 1 aromatic carbocycles. The molecular formula is C16H25N3O3. The van der Waals surface area contributed by atoms with Crippen molar-refractivity contribution in [3.8, 4) is 5.75 Å². The van der Waals surface area contributed by atoms with Crippen LogP contribution in [-0.4, -0.2) is 49.3 Å². The van der Waals surface area contributed by atoms with E-state index in [1.54, 1.807) is 25.3 Å². The molecule has 3 unspecified atom stereocenters. The van der Waals surface area contributed by atoms with Crippen molar-refractivity contribution in [1.82, 2.24) is 4.90 Å². The van der Waals surface area contributed by atoms with Crippen LogP contribution in [0.15, 0.2) is 18.2 Å². The Balaban J connectivity index is 2.05. The van der Waals surface area contributed by atoms with Crippen molar-refractivity contribution >= 4 is 17.3 Å². The lowest BCUT2D eigenvalue weighted by Gasteiger charge is -2.38. The Morgan fingerprint density at radius 3 is 2.64 bits per heavy atom. The molecule has 1 fully saturated rings. The van der Waals surface area contributed by atoms with Crippen molar-refractivity contribution in [2.45, 2.75) is 39.0 Å². The summed E-state index contributed by atoms with van der Waals surface area (Å²) >= 11 is 0. The molecule has 3 atom stereocenters. The molecule has 1 aliphatic rings. The van der Waals surface area contributed by atoms with Gasteiger partial charge in [-0.1, -0.05) is 0 Å². The van der Waals surface area contributed by atoms with Gasteiger partial charge in [-0.2, -0.15) is 0 Å². The minimum atomic E-state index is -0.240. The number of methoxy groups -OCH3 is 1. The molecular weight excluding hydrogens is 282 g/mol. The number of nitrogens with zero attached hydrogens (tertiary/aromatic N) is 1. The summed E-state index contributed by atoms with van der Waals surface area (Å²) in [4.78, 5) is 14.6. The third kappa shape index (κ3) is 3.90. The molecule has 6 heteroatoms. The number of amides is 1. The van der Waals surface area contributed by atoms with E-state index in [0.29, 0.717) is 17.1 Å². The standard InChI is InChI=1S/C16H25N3O3/c1-10-8-19(9-11(2)22-10)12(3)16(20)18-14-6-5-13(17)7-15(14)21-4/h5-7,10-12H,8-9,17H2,1-4H3,(H,18,20). The minimum Gasteiger partial charge on any atom is -0.494 e. The Bertz CT molecular complexity index is 525. The van der Waals surface area contributed by atoms with E-state index in [-0.39, 0.29) is 24.2 Å². The highest BCUT2D eigenvalue weighted by Crippen LogP contribution is 2.27. The normalized spacial score (nSPS) is 23.8. The molecule has 122 valence electrons. The first-order valence-corrected chi connectivity index (χ1v) is 7.54. The highest BCUT2D eigenvalue weighted by atomic mass is 16.5. The van der Waals surface area contributed by atoms with Crippen LogP contribution in [0.25, 0.3) is 0 Å². The summed E-state index contributed by atoms with van der Waals surface area (Å²) in [5.74, 6) is 0.494. The highest BCUT2D eigenvalue weighted by Gasteiger charge is 2.29. The van der Waals surface area contributed by atoms with Crippen molar-refractivity contribution in [3.05, 3.63) is 18.2 Å². The van der Waals surface area contributed by atoms with Crippen LogP contribution in [0.3, 0.4) is 0 Å². The Labute approximate surface area is 131 Å². The van der Waals surface area contributed by atoms with Crippen molar-refractivity contribution in [1.29, 1.82) is 0 Å². The zero-order valence-electron chi connectivity index (χ0n) is 13.6. The van der Waals surface area contributed by atoms with Gasteiger partial charge in [0.2, 0.25) is 5.91 Å². The predicted molar refractivity (Wildman–Crippen MR) is 87.1 cm³/mol. The summed E-state index contributed by atoms with van der Waals surface area (Å²) in [5.41, 5.74) is 6.95. The van der Waals surface area contributed by atoms with E-state index in [0.717, 1.165) is 13.1 Å². The maximum atomic E-state index is 12.5. The van der Waals surface area contributed by atoms with Gasteiger partial charge in [-0.05, 0) is 32.9 Å². The quantitative estimate of drug-likeness (QED) is 0.828. The number of nitrogen functional groups attached to an aromatic ring is 1. The van der Waals surface area contributed by atoms with Gasteiger partial charge in [-0.25, -0.2) is 0 Å². The average Bonchev–Trinajstić information content (AvgIpc) is 2.47. The summed E-state index contributed by atoms with van der Waals surface area (Å²) in [6, 6.07) is 4.94. The van der Waals surface area contributed by atoms with E-state index in [4.69, 9.17) is 15.2 Å². The van der Waals surface area contributed by atoms with Gasteiger partial charge in [0.15, 0.2) is 0 Å². The Kier molecular flexibility index (Phi) is 5.26. The second-order valence-electron chi connectivity index (χ2n) is 5.84. The molecule has 0 radical (unpaired) electrons. The molecule has 0 saturated carbocycles. The summed E-state index contributed by atoms with van der Waals surface area (Å²) < 4.78 is 11.0. The first-order chi connectivity index (χ1) is 10.4. The molecule has 0 aromatic heterocycles. The third-order valence-electron chi connectivity index (χ3n) is 3.86. The number of ether oxygens (including phenoxy) is 2. The predicted octanol–water partition coefficient (Wildman–Crippen LogP) is 1.71. The third-order valence-corrected chi connectivity index (χ3v) is 3.86. The first kappa shape index (κ1) is 16.6. The van der Waals surface area contributed by atoms with Crippen LogP contribution >= 0.6 is 0 Å². The van der Waals surface area contributed by atoms with Gasteiger partial charge in [0.1, 0.15) is 5.75 Å². The zero-order valence-corrected chi connectivity index (χ0v) is 13.6. The number of anilines is 2. The monoisotopic (exact) mass is 307 g/mol. The number of hydrogen-bond donors (Lipinski definition) is 2. The van der Waals surface area contributed by atoms with Crippen LogP contribution in [0, 0.1) is 0 Å². The minimum absolute atomic E-state index is 0.0654. The van der Waals surface area contributed by atoms with E-state index in [1.165, 1.54) is 0 Å². The number of nitrogens with two attached hydrogens (primary N) is 1. The van der Waals surface area contributed by atoms with Gasteiger partial charge in [-0.3, -0.25) is 9.69 Å². The number of nitrogens with one attached hydrogen (secondary N) is 1. The molecule has 0 bridgehead atoms. The van der Waals surface area contributed by atoms with Crippen molar-refractivity contribution in [2.75, 3.05) is 31.2 Å². The van der Waals surface area contributed by atoms with E-state index in [9.17, 15) is 4.79 Å². The molecule has 0 spiro atoms. The van der Waals surface area contributed by atoms with Crippen LogP contribution < -0.4 is 15.8 Å². The summed E-state index contributed by atoms with van der Waals surface area (Å²) in [7, 11) is 1.55. The molecule has 1 aromatic rings. The van der Waals surface area contributed by atoms with Crippen molar-refractivity contribution < 1.29 is 14.3 Å². The lowest BCUT2D eigenvalue weighted by molar-refractivity contribution is -0.126. The molecule has 22 heavy (non-hydrogen) atoms. The molecule has 2 rings (SSSR count). The Morgan fingerprint density at radius 2 is 2.05 bits per heavy atom. The van der Waals surface area contributed by atoms with Gasteiger partial charge >= 0.3 is 0 Å². The molecule has 3 N–H and O–H groups in total. The molecule has 1 heterocycles. The number of rotatable bonds is 4. The number of hydrogen-bond acceptors (Lipinski definition) is 5. The maximum Gasteiger partial charge on any atom is 0.241 e. The Morgan fingerprint density at radius 1 is 1.41 bits per heavy atom. The zero-order chi connectivity index (χ0) is 16.3. The average molecular weight is 307 g/mol. The number of carbonyl (C=O) groups is 1. The van der Waals surface area contributed by atoms with E-state index in [1.807, 2.05) is 20.8 Å². The lowest BCUT2D eigenvalue weighted by Crippen LogP contribution is -2.52. The molecule has 0 aliphatic carbocycles. The smallest absolute Gasteiger partial charge is 0.241 e. The summed E-state index contributed by atoms with van der Waals surface area (Å²) in [6.07, 6.45) is 0.259. The van der Waals surface area contributed by atoms with E-state index in [2.05, 4.69) is 10.2 Å². The van der Waals surface area contributed by atoms with Gasteiger partial charge in [0, 0.05) is 24.8 Å².